The van der Waals surface area contributed by atoms with Gasteiger partial charge in [0.15, 0.2) is 0 Å². The molecule has 0 saturated heterocycles. The molecule has 3 N–H and O–H groups in total. The highest BCUT2D eigenvalue weighted by Crippen LogP contribution is 2.36. The van der Waals surface area contributed by atoms with Gasteiger partial charge in [-0.15, -0.1) is 42.2 Å². The number of hydrogen-bond acceptors (Lipinski definition) is 10. The van der Waals surface area contributed by atoms with E-state index in [0.29, 0.717) is 63.3 Å². The molecule has 6 heterocycles. The van der Waals surface area contributed by atoms with Crippen molar-refractivity contribution < 1.29 is 43.9 Å². The third-order valence-electron chi connectivity index (χ3n) is 12.4. The quantitative estimate of drug-likeness (QED) is 0.0447. The lowest BCUT2D eigenvalue weighted by Gasteiger charge is -2.22. The van der Waals surface area contributed by atoms with E-state index in [-0.39, 0.29) is 43.7 Å². The first-order chi connectivity index (χ1) is 32.5. The van der Waals surface area contributed by atoms with Crippen LogP contribution in [-0.2, 0) is 14.2 Å². The Morgan fingerprint density at radius 3 is 1.24 bits per heavy atom. The molecule has 0 saturated carbocycles. The Hall–Kier alpha value is -8.71. The van der Waals surface area contributed by atoms with Gasteiger partial charge < -0.3 is 29.5 Å². The van der Waals surface area contributed by atoms with Crippen molar-refractivity contribution >= 4 is 51.0 Å². The van der Waals surface area contributed by atoms with E-state index in [1.54, 1.807) is 82.9 Å². The van der Waals surface area contributed by atoms with Gasteiger partial charge in [-0.2, -0.15) is 0 Å². The summed E-state index contributed by atoms with van der Waals surface area (Å²) in [6, 6.07) is 32.0. The number of phenols is 3. The Kier molecular flexibility index (Phi) is 8.72. The van der Waals surface area contributed by atoms with Crippen LogP contribution in [0.1, 0.15) is 54.2 Å². The number of benzene rings is 6. The summed E-state index contributed by atoms with van der Waals surface area (Å²) in [5, 5.41) is 31.7. The highest BCUT2D eigenvalue weighted by atomic mass is 16.6. The van der Waals surface area contributed by atoms with Crippen molar-refractivity contribution in [3.63, 3.8) is 0 Å². The Labute approximate surface area is 378 Å². The maximum absolute atomic E-state index is 13.8. The Morgan fingerprint density at radius 1 is 0.463 bits per heavy atom. The lowest BCUT2D eigenvalue weighted by Crippen LogP contribution is -2.33. The molecule has 0 spiro atoms. The van der Waals surface area contributed by atoms with Crippen LogP contribution in [0.4, 0.5) is 0 Å². The monoisotopic (exact) mass is 902 g/mol. The smallest absolute Gasteiger partial charge is 0.341 e. The molecule has 0 aliphatic heterocycles. The van der Waals surface area contributed by atoms with E-state index < -0.39 is 17.9 Å². The lowest BCUT2D eigenvalue weighted by atomic mass is 10.2. The van der Waals surface area contributed by atoms with Gasteiger partial charge in [0.25, 0.3) is 0 Å². The van der Waals surface area contributed by atoms with Crippen LogP contribution in [0.25, 0.3) is 50.2 Å². The van der Waals surface area contributed by atoms with Crippen molar-refractivity contribution in [2.24, 2.45) is 0 Å². The second kappa shape index (κ2) is 14.7. The van der Waals surface area contributed by atoms with E-state index in [0.717, 1.165) is 33.2 Å². The summed E-state index contributed by atoms with van der Waals surface area (Å²) < 4.78 is 28.4. The fraction of sp³-hybridized carbons (Fsp3) is 0.188. The molecule has 19 heteroatoms. The molecule has 67 heavy (non-hydrogen) atoms. The number of fused-ring (bicyclic) bond motifs is 12. The number of phenolic OH excluding ortho intramolecular Hbond substituents is 3. The van der Waals surface area contributed by atoms with Gasteiger partial charge in [-0.1, -0.05) is 36.4 Å². The number of carbonyl (C=O) groups is 3. The summed E-state index contributed by atoms with van der Waals surface area (Å²) in [6.07, 6.45) is 0.364. The molecule has 0 aliphatic carbocycles. The predicted molar refractivity (Wildman–Crippen MR) is 243 cm³/mol. The largest absolute Gasteiger partial charge is 0.506 e. The first kappa shape index (κ1) is 39.8. The fourth-order valence-corrected chi connectivity index (χ4v) is 8.97. The summed E-state index contributed by atoms with van der Waals surface area (Å²) in [5.74, 6) is -1.30. The molecule has 0 radical (unpaired) electrons. The van der Waals surface area contributed by atoms with Gasteiger partial charge >= 0.3 is 17.9 Å². The molecule has 6 aromatic heterocycles. The Morgan fingerprint density at radius 2 is 0.836 bits per heavy atom. The van der Waals surface area contributed by atoms with Gasteiger partial charge in [0.05, 0.1) is 23.3 Å². The molecule has 0 atom stereocenters. The first-order valence-electron chi connectivity index (χ1n) is 21.7. The van der Waals surface area contributed by atoms with Crippen molar-refractivity contribution in [3.05, 3.63) is 143 Å². The molecule has 338 valence electrons. The zero-order valence-corrected chi connectivity index (χ0v) is 36.4. The van der Waals surface area contributed by atoms with Crippen molar-refractivity contribution in [1.82, 2.24) is 47.1 Å². The predicted octanol–water partition coefficient (Wildman–Crippen LogP) is 6.45. The number of para-hydroxylation sites is 3. The summed E-state index contributed by atoms with van der Waals surface area (Å²) in [7, 11) is 0. The molecular formula is C48H42N10O9. The van der Waals surface area contributed by atoms with Crippen LogP contribution >= 0.6 is 0 Å². The van der Waals surface area contributed by atoms with Gasteiger partial charge in [0, 0.05) is 13.1 Å². The molecule has 12 aromatic rings. The number of hydrogen-bond donors (Lipinski definition) is 3. The van der Waals surface area contributed by atoms with Crippen LogP contribution in [-0.4, -0.2) is 113 Å². The zero-order valence-electron chi connectivity index (χ0n) is 36.4. The molecule has 19 nitrogen and oxygen atoms in total. The second-order valence-corrected chi connectivity index (χ2v) is 16.9. The molecule has 0 unspecified atom stereocenters. The highest BCUT2D eigenvalue weighted by Gasteiger charge is 2.33. The second-order valence-electron chi connectivity index (χ2n) is 16.9. The van der Waals surface area contributed by atoms with E-state index in [9.17, 15) is 29.7 Å². The van der Waals surface area contributed by atoms with Crippen LogP contribution in [0.3, 0.4) is 0 Å². The minimum atomic E-state index is -0.569. The molecule has 0 aliphatic rings. The summed E-state index contributed by atoms with van der Waals surface area (Å²) >= 11 is 0. The van der Waals surface area contributed by atoms with Gasteiger partial charge in [0.2, 0.25) is 0 Å². The third kappa shape index (κ3) is 6.18. The number of ether oxygens (including phenoxy) is 3. The summed E-state index contributed by atoms with van der Waals surface area (Å²) in [5.41, 5.74) is 10.1. The maximum atomic E-state index is 13.8. The van der Waals surface area contributed by atoms with Crippen molar-refractivity contribution in [2.45, 2.75) is 27.2 Å². The first-order valence-corrected chi connectivity index (χ1v) is 21.7. The van der Waals surface area contributed by atoms with E-state index in [1.807, 2.05) is 94.2 Å². The number of carbonyl (C=O) groups excluding carboxylic acids is 3. The van der Waals surface area contributed by atoms with Crippen LogP contribution in [0.15, 0.2) is 109 Å². The maximum Gasteiger partial charge on any atom is 0.341 e. The average molecular weight is 903 g/mol. The van der Waals surface area contributed by atoms with Gasteiger partial charge in [-0.3, -0.25) is 4.90 Å². The topological polar surface area (TPSA) is 184 Å². The molecular weight excluding hydrogens is 861 g/mol. The molecule has 0 amide bonds. The number of aromatic hydroxyl groups is 3. The molecule has 0 fully saturated rings. The van der Waals surface area contributed by atoms with Gasteiger partial charge in [0.1, 0.15) is 80.7 Å². The van der Waals surface area contributed by atoms with Crippen LogP contribution in [0.2, 0.25) is 0 Å². The average Bonchev–Trinajstić information content (AvgIpc) is 4.26. The number of nitrogens with zero attached hydrogens (tertiary/aromatic N) is 10. The third-order valence-corrected chi connectivity index (χ3v) is 12.4. The lowest BCUT2D eigenvalue weighted by molar-refractivity contribution is 0.00970. The summed E-state index contributed by atoms with van der Waals surface area (Å²) in [4.78, 5) is 48.1. The Bertz CT molecular complexity index is 3850. The van der Waals surface area contributed by atoms with Crippen molar-refractivity contribution in [1.29, 1.82) is 0 Å². The number of aromatic nitrogens is 9. The molecule has 0 bridgehead atoms. The fourth-order valence-electron chi connectivity index (χ4n) is 8.97. The van der Waals surface area contributed by atoms with Crippen LogP contribution < -0.4 is 0 Å². The van der Waals surface area contributed by atoms with Crippen molar-refractivity contribution in [3.8, 4) is 34.3 Å². The van der Waals surface area contributed by atoms with E-state index in [4.69, 9.17) is 14.2 Å². The number of esters is 3. The van der Waals surface area contributed by atoms with E-state index in [1.165, 1.54) is 0 Å². The Balaban J connectivity index is 0.741. The summed E-state index contributed by atoms with van der Waals surface area (Å²) in [6.45, 7) is 6.16. The normalized spacial score (nSPS) is 12.4. The van der Waals surface area contributed by atoms with Crippen LogP contribution in [0, 0.1) is 20.8 Å². The van der Waals surface area contributed by atoms with Crippen LogP contribution in [0.5, 0.6) is 17.2 Å². The molecule has 12 rings (SSSR count). The SMILES string of the molecule is Cc1ccc(O)c(-n2n3c4cccc(C(=O)OCCCN(CCOC(=O)c5cccc6c5n5n(-c7cc(C)ccc7O)n65)COC(=O)c5cccc6c5n5n(-c7cc(C)ccc7O)n65)c4n23)c1. The standard InChI is InChI=1S/C48H42N10O9/c1-28-14-17-40(59)37(24-28)53-50-34-11-4-8-31(43(34)56(50)53)46(62)65-22-7-20-49(27-67-48(64)33-10-6-13-36-45(33)58-52(36)55(58)39-26-30(3)16-19-42(39)61)21-23-66-47(63)32-9-5-12-35-44(32)57-51(35)54(57)38-25-29(2)15-18-41(38)60/h4-6,8-19,24-26,59-61H,7,20-23,27H2,1-3H3. The van der Waals surface area contributed by atoms with E-state index >= 15 is 0 Å². The minimum absolute atomic E-state index is 0.0418. The highest BCUT2D eigenvalue weighted by molar-refractivity contribution is 6.05. The molecule has 6 aromatic carbocycles. The number of rotatable bonds is 15. The van der Waals surface area contributed by atoms with Gasteiger partial charge in [-0.05, 0) is 117 Å². The van der Waals surface area contributed by atoms with Crippen molar-refractivity contribution in [2.75, 3.05) is 33.0 Å². The van der Waals surface area contributed by atoms with Gasteiger partial charge in [-0.25, -0.2) is 14.4 Å². The van der Waals surface area contributed by atoms with E-state index in [2.05, 4.69) is 0 Å². The number of aryl methyl sites for hydroxylation is 3. The zero-order chi connectivity index (χ0) is 46.0. The minimum Gasteiger partial charge on any atom is -0.506 e.